The summed E-state index contributed by atoms with van der Waals surface area (Å²) in [5.74, 6) is -0.801. The van der Waals surface area contributed by atoms with Gasteiger partial charge in [-0.3, -0.25) is 9.59 Å². The van der Waals surface area contributed by atoms with Gasteiger partial charge in [-0.2, -0.15) is 0 Å². The number of esters is 2. The summed E-state index contributed by atoms with van der Waals surface area (Å²) in [5, 5.41) is 0.991. The average Bonchev–Trinajstić information content (AvgIpc) is 2.57. The highest BCUT2D eigenvalue weighted by Gasteiger charge is 2.13. The lowest BCUT2D eigenvalue weighted by Gasteiger charge is -2.08. The SMILES string of the molecule is O=C(CCCC(=O)Oc1cc(Cl)c(Cl)c(Cl)c1)Oc1cc(Cl)c(Cl)c(Cl)c1. The van der Waals surface area contributed by atoms with Gasteiger partial charge in [0, 0.05) is 37.1 Å². The molecule has 2 aromatic carbocycles. The van der Waals surface area contributed by atoms with Gasteiger partial charge in [-0.1, -0.05) is 69.6 Å². The van der Waals surface area contributed by atoms with E-state index in [1.165, 1.54) is 24.3 Å². The zero-order valence-corrected chi connectivity index (χ0v) is 17.9. The second-order valence-corrected chi connectivity index (χ2v) is 7.59. The summed E-state index contributed by atoms with van der Waals surface area (Å²) < 4.78 is 10.2. The highest BCUT2D eigenvalue weighted by atomic mass is 35.5. The van der Waals surface area contributed by atoms with Gasteiger partial charge >= 0.3 is 11.9 Å². The summed E-state index contributed by atoms with van der Waals surface area (Å²) in [4.78, 5) is 23.7. The Balaban J connectivity index is 1.82. The first kappa shape index (κ1) is 22.4. The second-order valence-electron chi connectivity index (χ2n) is 5.20. The topological polar surface area (TPSA) is 52.6 Å². The Morgan fingerprint density at radius 1 is 0.630 bits per heavy atom. The molecule has 0 amide bonds. The van der Waals surface area contributed by atoms with Crippen LogP contribution in [0.3, 0.4) is 0 Å². The maximum Gasteiger partial charge on any atom is 0.311 e. The van der Waals surface area contributed by atoms with E-state index in [2.05, 4.69) is 0 Å². The zero-order valence-electron chi connectivity index (χ0n) is 13.3. The van der Waals surface area contributed by atoms with E-state index in [-0.39, 0.29) is 60.9 Å². The molecule has 0 atom stereocenters. The lowest BCUT2D eigenvalue weighted by molar-refractivity contribution is -0.136. The third-order valence-electron chi connectivity index (χ3n) is 3.14. The molecule has 0 N–H and O–H groups in total. The molecule has 0 unspecified atom stereocenters. The number of hydrogen-bond donors (Lipinski definition) is 0. The summed E-state index contributed by atoms with van der Waals surface area (Å²) in [6.45, 7) is 0. The molecular weight excluding hydrogens is 481 g/mol. The molecular formula is C17H10Cl6O4. The molecule has 0 saturated heterocycles. The van der Waals surface area contributed by atoms with Gasteiger partial charge in [-0.15, -0.1) is 0 Å². The minimum absolute atomic E-state index is 0.0188. The molecule has 0 saturated carbocycles. The Hall–Kier alpha value is -0.880. The van der Waals surface area contributed by atoms with Crippen LogP contribution in [-0.4, -0.2) is 11.9 Å². The van der Waals surface area contributed by atoms with Gasteiger partial charge in [-0.25, -0.2) is 0 Å². The third kappa shape index (κ3) is 6.60. The molecule has 0 fully saturated rings. The standard InChI is InChI=1S/C17H10Cl6O4/c18-10-4-8(5-11(19)16(10)22)26-14(24)2-1-3-15(25)27-9-6-12(20)17(23)13(21)7-9/h4-7H,1-3H2. The molecule has 0 heterocycles. The molecule has 4 nitrogen and oxygen atoms in total. The van der Waals surface area contributed by atoms with Crippen molar-refractivity contribution in [2.75, 3.05) is 0 Å². The molecule has 144 valence electrons. The van der Waals surface area contributed by atoms with Crippen molar-refractivity contribution >= 4 is 81.5 Å². The molecule has 10 heteroatoms. The Bertz CT molecular complexity index is 766. The van der Waals surface area contributed by atoms with Crippen molar-refractivity contribution in [3.05, 3.63) is 54.4 Å². The fraction of sp³-hybridized carbons (Fsp3) is 0.176. The molecule has 27 heavy (non-hydrogen) atoms. The minimum atomic E-state index is -0.560. The first-order valence-corrected chi connectivity index (χ1v) is 9.64. The van der Waals surface area contributed by atoms with Crippen molar-refractivity contribution in [3.8, 4) is 11.5 Å². The normalized spacial score (nSPS) is 10.6. The summed E-state index contributed by atoms with van der Waals surface area (Å²) >= 11 is 35.1. The molecule has 0 radical (unpaired) electrons. The van der Waals surface area contributed by atoms with E-state index >= 15 is 0 Å². The third-order valence-corrected chi connectivity index (χ3v) is 5.53. The Labute approximate surface area is 185 Å². The summed E-state index contributed by atoms with van der Waals surface area (Å²) in [7, 11) is 0. The number of rotatable bonds is 6. The molecule has 0 aliphatic rings. The lowest BCUT2D eigenvalue weighted by Crippen LogP contribution is -2.11. The van der Waals surface area contributed by atoms with Crippen molar-refractivity contribution < 1.29 is 19.1 Å². The summed E-state index contributed by atoms with van der Waals surface area (Å²) in [6, 6.07) is 5.48. The van der Waals surface area contributed by atoms with Gasteiger partial charge < -0.3 is 9.47 Å². The number of halogens is 6. The van der Waals surface area contributed by atoms with Crippen molar-refractivity contribution in [1.29, 1.82) is 0 Å². The van der Waals surface area contributed by atoms with E-state index in [4.69, 9.17) is 79.1 Å². The zero-order chi connectivity index (χ0) is 20.1. The first-order chi connectivity index (χ1) is 12.7. The smallest absolute Gasteiger partial charge is 0.311 e. The number of carbonyl (C=O) groups excluding carboxylic acids is 2. The van der Waals surface area contributed by atoms with Gasteiger partial charge in [0.05, 0.1) is 30.1 Å². The average molecular weight is 491 g/mol. The quantitative estimate of drug-likeness (QED) is 0.242. The summed E-state index contributed by atoms with van der Waals surface area (Å²) in [6.07, 6.45) is 0.173. The molecule has 0 aliphatic heterocycles. The van der Waals surface area contributed by atoms with Crippen LogP contribution in [0.15, 0.2) is 24.3 Å². The highest BCUT2D eigenvalue weighted by Crippen LogP contribution is 2.35. The van der Waals surface area contributed by atoms with Gasteiger partial charge in [0.25, 0.3) is 0 Å². The van der Waals surface area contributed by atoms with Gasteiger partial charge in [0.2, 0.25) is 0 Å². The lowest BCUT2D eigenvalue weighted by atomic mass is 10.2. The number of benzene rings is 2. The van der Waals surface area contributed by atoms with Crippen LogP contribution in [0.4, 0.5) is 0 Å². The van der Waals surface area contributed by atoms with Crippen LogP contribution in [-0.2, 0) is 9.59 Å². The second kappa shape index (κ2) is 10.1. The van der Waals surface area contributed by atoms with Gasteiger partial charge in [-0.05, 0) is 6.42 Å². The van der Waals surface area contributed by atoms with E-state index in [1.54, 1.807) is 0 Å². The van der Waals surface area contributed by atoms with Crippen LogP contribution in [0.2, 0.25) is 30.1 Å². The first-order valence-electron chi connectivity index (χ1n) is 7.38. The van der Waals surface area contributed by atoms with Crippen LogP contribution in [0.1, 0.15) is 19.3 Å². The molecule has 2 rings (SSSR count). The molecule has 2 aromatic rings. The van der Waals surface area contributed by atoms with Gasteiger partial charge in [0.15, 0.2) is 0 Å². The predicted molar refractivity (Wildman–Crippen MR) is 108 cm³/mol. The van der Waals surface area contributed by atoms with Crippen molar-refractivity contribution in [2.24, 2.45) is 0 Å². The van der Waals surface area contributed by atoms with Crippen LogP contribution >= 0.6 is 69.6 Å². The fourth-order valence-electron chi connectivity index (χ4n) is 1.92. The predicted octanol–water partition coefficient (Wildman–Crippen LogP) is 7.29. The fourth-order valence-corrected chi connectivity index (χ4v) is 3.08. The highest BCUT2D eigenvalue weighted by molar-refractivity contribution is 6.48. The number of carbonyl (C=O) groups is 2. The van der Waals surface area contributed by atoms with Crippen molar-refractivity contribution in [2.45, 2.75) is 19.3 Å². The molecule has 0 aliphatic carbocycles. The Kier molecular flexibility index (Phi) is 8.35. The monoisotopic (exact) mass is 488 g/mol. The minimum Gasteiger partial charge on any atom is -0.426 e. The van der Waals surface area contributed by atoms with Crippen LogP contribution in [0.5, 0.6) is 11.5 Å². The van der Waals surface area contributed by atoms with E-state index in [0.717, 1.165) is 0 Å². The van der Waals surface area contributed by atoms with E-state index in [9.17, 15) is 9.59 Å². The maximum atomic E-state index is 11.8. The molecule has 0 spiro atoms. The maximum absolute atomic E-state index is 11.8. The largest absolute Gasteiger partial charge is 0.426 e. The molecule has 0 aromatic heterocycles. The van der Waals surface area contributed by atoms with Crippen LogP contribution < -0.4 is 9.47 Å². The van der Waals surface area contributed by atoms with Crippen molar-refractivity contribution in [1.82, 2.24) is 0 Å². The van der Waals surface area contributed by atoms with E-state index in [0.29, 0.717) is 0 Å². The van der Waals surface area contributed by atoms with Gasteiger partial charge in [0.1, 0.15) is 11.5 Å². The van der Waals surface area contributed by atoms with E-state index in [1.807, 2.05) is 0 Å². The Morgan fingerprint density at radius 2 is 0.926 bits per heavy atom. The molecule has 0 bridgehead atoms. The van der Waals surface area contributed by atoms with Crippen molar-refractivity contribution in [3.63, 3.8) is 0 Å². The van der Waals surface area contributed by atoms with Crippen LogP contribution in [0, 0.1) is 0 Å². The Morgan fingerprint density at radius 3 is 1.22 bits per heavy atom. The van der Waals surface area contributed by atoms with E-state index < -0.39 is 11.9 Å². The number of hydrogen-bond acceptors (Lipinski definition) is 4. The summed E-state index contributed by atoms with van der Waals surface area (Å²) in [5.41, 5.74) is 0. The number of ether oxygens (including phenoxy) is 2. The van der Waals surface area contributed by atoms with Crippen LogP contribution in [0.25, 0.3) is 0 Å².